The van der Waals surface area contributed by atoms with E-state index in [0.29, 0.717) is 16.7 Å². The monoisotopic (exact) mass is 410 g/mol. The van der Waals surface area contributed by atoms with Crippen molar-refractivity contribution in [3.05, 3.63) is 63.9 Å². The van der Waals surface area contributed by atoms with Crippen LogP contribution in [-0.4, -0.2) is 30.5 Å². The van der Waals surface area contributed by atoms with Crippen molar-refractivity contribution in [2.75, 3.05) is 5.32 Å². The van der Waals surface area contributed by atoms with Crippen LogP contribution in [0.25, 0.3) is 5.78 Å². The molecular weight excluding hydrogens is 392 g/mol. The quantitative estimate of drug-likeness (QED) is 0.488. The van der Waals surface area contributed by atoms with Crippen LogP contribution in [0.5, 0.6) is 0 Å². The molecular formula is C19H18N6OS2. The molecule has 0 aliphatic heterocycles. The van der Waals surface area contributed by atoms with Gasteiger partial charge in [0, 0.05) is 28.2 Å². The Morgan fingerprint density at radius 3 is 2.82 bits per heavy atom. The summed E-state index contributed by atoms with van der Waals surface area (Å²) in [5, 5.41) is 10.8. The lowest BCUT2D eigenvalue weighted by Gasteiger charge is -2.02. The average molecular weight is 411 g/mol. The number of thiazole rings is 1. The highest BCUT2D eigenvalue weighted by atomic mass is 32.2. The minimum absolute atomic E-state index is 0.0707. The SMILES string of the molecule is Cc1cc(C)n2nc(SCc3csc(CC(=O)Nc4ccccc4)n3)nc2n1. The van der Waals surface area contributed by atoms with Gasteiger partial charge in [0.15, 0.2) is 0 Å². The third-order valence-corrected chi connectivity index (χ3v) is 5.69. The van der Waals surface area contributed by atoms with Crippen molar-refractivity contribution in [1.82, 2.24) is 24.6 Å². The van der Waals surface area contributed by atoms with Crippen LogP contribution in [0, 0.1) is 13.8 Å². The molecule has 0 spiro atoms. The lowest BCUT2D eigenvalue weighted by molar-refractivity contribution is -0.115. The van der Waals surface area contributed by atoms with Gasteiger partial charge in [-0.3, -0.25) is 4.79 Å². The number of para-hydroxylation sites is 1. The molecule has 3 aromatic heterocycles. The second-order valence-electron chi connectivity index (χ2n) is 6.26. The van der Waals surface area contributed by atoms with Crippen molar-refractivity contribution in [3.8, 4) is 0 Å². The Balaban J connectivity index is 1.36. The molecule has 1 amide bonds. The fraction of sp³-hybridized carbons (Fsp3) is 0.211. The Morgan fingerprint density at radius 2 is 2.00 bits per heavy atom. The number of nitrogens with zero attached hydrogens (tertiary/aromatic N) is 5. The highest BCUT2D eigenvalue weighted by molar-refractivity contribution is 7.98. The van der Waals surface area contributed by atoms with Gasteiger partial charge in [-0.15, -0.1) is 16.4 Å². The van der Waals surface area contributed by atoms with Crippen molar-refractivity contribution >= 4 is 40.5 Å². The first-order valence-electron chi connectivity index (χ1n) is 8.69. The standard InChI is InChI=1S/C19H18N6OS2/c1-12-8-13(2)25-18(20-12)23-19(24-25)28-11-15-10-27-17(22-15)9-16(26)21-14-6-4-3-5-7-14/h3-8,10H,9,11H2,1-2H3,(H,21,26). The molecule has 28 heavy (non-hydrogen) atoms. The van der Waals surface area contributed by atoms with Crippen LogP contribution in [0.1, 0.15) is 22.1 Å². The molecule has 0 unspecified atom stereocenters. The van der Waals surface area contributed by atoms with E-state index in [9.17, 15) is 4.79 Å². The molecule has 0 atom stereocenters. The van der Waals surface area contributed by atoms with E-state index in [0.717, 1.165) is 27.8 Å². The zero-order chi connectivity index (χ0) is 19.5. The number of benzene rings is 1. The molecule has 3 heterocycles. The lowest BCUT2D eigenvalue weighted by atomic mass is 10.3. The zero-order valence-electron chi connectivity index (χ0n) is 15.4. The van der Waals surface area contributed by atoms with E-state index in [1.807, 2.05) is 55.6 Å². The molecule has 4 aromatic rings. The predicted octanol–water partition coefficient (Wildman–Crippen LogP) is 3.67. The van der Waals surface area contributed by atoms with Crippen LogP contribution in [0.15, 0.2) is 46.9 Å². The summed E-state index contributed by atoms with van der Waals surface area (Å²) in [4.78, 5) is 25.6. The Labute approximate surface area is 170 Å². The van der Waals surface area contributed by atoms with Crippen LogP contribution in [0.3, 0.4) is 0 Å². The summed E-state index contributed by atoms with van der Waals surface area (Å²) in [6.45, 7) is 3.93. The van der Waals surface area contributed by atoms with Gasteiger partial charge < -0.3 is 5.32 Å². The molecule has 0 aliphatic carbocycles. The van der Waals surface area contributed by atoms with E-state index in [2.05, 4.69) is 25.4 Å². The molecule has 7 nitrogen and oxygen atoms in total. The highest BCUT2D eigenvalue weighted by Crippen LogP contribution is 2.22. The second kappa shape index (κ2) is 8.07. The van der Waals surface area contributed by atoms with Crippen molar-refractivity contribution in [2.45, 2.75) is 31.2 Å². The Morgan fingerprint density at radius 1 is 1.18 bits per heavy atom. The first-order chi connectivity index (χ1) is 13.6. The van der Waals surface area contributed by atoms with E-state index < -0.39 is 0 Å². The largest absolute Gasteiger partial charge is 0.326 e. The molecule has 9 heteroatoms. The molecule has 0 fully saturated rings. The van der Waals surface area contributed by atoms with Gasteiger partial charge in [0.1, 0.15) is 5.01 Å². The minimum atomic E-state index is -0.0707. The van der Waals surface area contributed by atoms with Crippen molar-refractivity contribution in [1.29, 1.82) is 0 Å². The summed E-state index contributed by atoms with van der Waals surface area (Å²) in [6, 6.07) is 11.4. The van der Waals surface area contributed by atoms with E-state index >= 15 is 0 Å². The maximum absolute atomic E-state index is 12.1. The summed E-state index contributed by atoms with van der Waals surface area (Å²) in [6.07, 6.45) is 0.263. The number of anilines is 1. The number of aryl methyl sites for hydroxylation is 2. The summed E-state index contributed by atoms with van der Waals surface area (Å²) >= 11 is 3.00. The number of rotatable bonds is 6. The molecule has 1 aromatic carbocycles. The number of thioether (sulfide) groups is 1. The van der Waals surface area contributed by atoms with Gasteiger partial charge in [-0.25, -0.2) is 14.5 Å². The summed E-state index contributed by atoms with van der Waals surface area (Å²) < 4.78 is 1.75. The first-order valence-corrected chi connectivity index (χ1v) is 10.6. The molecule has 0 bridgehead atoms. The minimum Gasteiger partial charge on any atom is -0.326 e. The van der Waals surface area contributed by atoms with Gasteiger partial charge in [0.25, 0.3) is 5.78 Å². The Bertz CT molecular complexity index is 1120. The normalized spacial score (nSPS) is 11.1. The number of aromatic nitrogens is 5. The van der Waals surface area contributed by atoms with E-state index in [1.54, 1.807) is 4.52 Å². The van der Waals surface area contributed by atoms with Crippen molar-refractivity contribution in [3.63, 3.8) is 0 Å². The van der Waals surface area contributed by atoms with Crippen LogP contribution in [-0.2, 0) is 17.0 Å². The summed E-state index contributed by atoms with van der Waals surface area (Å²) in [5.41, 5.74) is 3.63. The van der Waals surface area contributed by atoms with Crippen LogP contribution < -0.4 is 5.32 Å². The highest BCUT2D eigenvalue weighted by Gasteiger charge is 2.11. The van der Waals surface area contributed by atoms with Crippen LogP contribution in [0.4, 0.5) is 5.69 Å². The maximum atomic E-state index is 12.1. The van der Waals surface area contributed by atoms with Crippen molar-refractivity contribution < 1.29 is 4.79 Å². The van der Waals surface area contributed by atoms with Gasteiger partial charge in [-0.1, -0.05) is 30.0 Å². The topological polar surface area (TPSA) is 85.1 Å². The van der Waals surface area contributed by atoms with Gasteiger partial charge in [0.05, 0.1) is 12.1 Å². The van der Waals surface area contributed by atoms with Gasteiger partial charge >= 0.3 is 0 Å². The fourth-order valence-corrected chi connectivity index (χ4v) is 4.32. The molecule has 142 valence electrons. The number of nitrogens with one attached hydrogen (secondary N) is 1. The molecule has 0 radical (unpaired) electrons. The van der Waals surface area contributed by atoms with Gasteiger partial charge in [-0.05, 0) is 32.0 Å². The molecule has 0 aliphatic rings. The number of hydrogen-bond acceptors (Lipinski definition) is 7. The van der Waals surface area contributed by atoms with Gasteiger partial charge in [-0.2, -0.15) is 4.98 Å². The van der Waals surface area contributed by atoms with Crippen LogP contribution in [0.2, 0.25) is 0 Å². The smallest absolute Gasteiger partial charge is 0.253 e. The Kier molecular flexibility index (Phi) is 5.36. The predicted molar refractivity (Wildman–Crippen MR) is 111 cm³/mol. The molecule has 1 N–H and O–H groups in total. The van der Waals surface area contributed by atoms with Gasteiger partial charge in [0.2, 0.25) is 11.1 Å². The van der Waals surface area contributed by atoms with Crippen LogP contribution >= 0.6 is 23.1 Å². The fourth-order valence-electron chi connectivity index (χ4n) is 2.71. The zero-order valence-corrected chi connectivity index (χ0v) is 17.0. The van der Waals surface area contributed by atoms with Crippen molar-refractivity contribution in [2.24, 2.45) is 0 Å². The third kappa shape index (κ3) is 4.37. The second-order valence-corrected chi connectivity index (χ2v) is 8.14. The number of amides is 1. The molecule has 4 rings (SSSR count). The number of carbonyl (C=O) groups excluding carboxylic acids is 1. The van der Waals surface area contributed by atoms with E-state index in [1.165, 1.54) is 23.1 Å². The number of carbonyl (C=O) groups is 1. The molecule has 0 saturated heterocycles. The average Bonchev–Trinajstić information content (AvgIpc) is 3.27. The van der Waals surface area contributed by atoms with E-state index in [-0.39, 0.29) is 12.3 Å². The summed E-state index contributed by atoms with van der Waals surface area (Å²) in [7, 11) is 0. The number of fused-ring (bicyclic) bond motifs is 1. The number of hydrogen-bond donors (Lipinski definition) is 1. The van der Waals surface area contributed by atoms with E-state index in [4.69, 9.17) is 0 Å². The first kappa shape index (κ1) is 18.6. The summed E-state index contributed by atoms with van der Waals surface area (Å²) in [5.74, 6) is 1.18. The lowest BCUT2D eigenvalue weighted by Crippen LogP contribution is -2.14. The molecule has 0 saturated carbocycles. The Hall–Kier alpha value is -2.78. The maximum Gasteiger partial charge on any atom is 0.253 e. The third-order valence-electron chi connectivity index (χ3n) is 3.92.